The number of carbonyl (C=O) groups is 1. The second kappa shape index (κ2) is 8.30. The number of nitrogens with one attached hydrogen (secondary N) is 2. The van der Waals surface area contributed by atoms with Crippen molar-refractivity contribution in [2.24, 2.45) is 5.10 Å². The van der Waals surface area contributed by atoms with Gasteiger partial charge in [0.1, 0.15) is 5.69 Å². The van der Waals surface area contributed by atoms with Crippen LogP contribution in [0.15, 0.2) is 82.4 Å². The third-order valence-corrected chi connectivity index (χ3v) is 5.06. The number of halogens is 1. The Hall–Kier alpha value is -3.78. The quantitative estimate of drug-likeness (QED) is 0.240. The molecule has 0 atom stereocenters. The molecule has 0 bridgehead atoms. The maximum Gasteiger partial charge on any atom is 0.288 e. The molecule has 0 aliphatic carbocycles. The topological polar surface area (TPSA) is 100 Å². The van der Waals surface area contributed by atoms with Crippen molar-refractivity contribution < 1.29 is 9.72 Å². The number of fused-ring (bicyclic) bond motifs is 1. The van der Waals surface area contributed by atoms with Crippen LogP contribution >= 0.6 is 15.9 Å². The zero-order valence-corrected chi connectivity index (χ0v) is 17.1. The number of H-pyrrole nitrogens is 1. The van der Waals surface area contributed by atoms with Gasteiger partial charge in [0.15, 0.2) is 0 Å². The van der Waals surface area contributed by atoms with E-state index in [0.29, 0.717) is 16.5 Å². The molecule has 1 heterocycles. The third kappa shape index (κ3) is 3.99. The van der Waals surface area contributed by atoms with Crippen molar-refractivity contribution in [3.8, 4) is 11.1 Å². The number of benzene rings is 3. The Morgan fingerprint density at radius 1 is 1.07 bits per heavy atom. The number of hydrazone groups is 1. The van der Waals surface area contributed by atoms with Crippen LogP contribution in [-0.2, 0) is 0 Å². The Balaban J connectivity index is 1.73. The number of nitro benzene ring substituents is 1. The van der Waals surface area contributed by atoms with Crippen molar-refractivity contribution in [2.75, 3.05) is 0 Å². The first-order valence-electron chi connectivity index (χ1n) is 8.97. The van der Waals surface area contributed by atoms with Crippen LogP contribution in [0, 0.1) is 10.1 Å². The van der Waals surface area contributed by atoms with E-state index >= 15 is 0 Å². The lowest BCUT2D eigenvalue weighted by Gasteiger charge is -2.04. The molecule has 0 saturated heterocycles. The van der Waals surface area contributed by atoms with Gasteiger partial charge in [-0.3, -0.25) is 14.9 Å². The third-order valence-electron chi connectivity index (χ3n) is 4.53. The molecule has 8 heteroatoms. The molecule has 0 spiro atoms. The van der Waals surface area contributed by atoms with Gasteiger partial charge in [0.2, 0.25) is 0 Å². The Labute approximate surface area is 179 Å². The fraction of sp³-hybridized carbons (Fsp3) is 0. The van der Waals surface area contributed by atoms with Gasteiger partial charge < -0.3 is 4.98 Å². The van der Waals surface area contributed by atoms with E-state index in [0.717, 1.165) is 15.6 Å². The molecule has 1 amide bonds. The minimum Gasteiger partial charge on any atom is -0.350 e. The van der Waals surface area contributed by atoms with E-state index in [2.05, 4.69) is 31.4 Å². The number of carbonyl (C=O) groups excluding carboxylic acids is 1. The Morgan fingerprint density at radius 2 is 1.80 bits per heavy atom. The summed E-state index contributed by atoms with van der Waals surface area (Å²) in [5.41, 5.74) is 5.58. The van der Waals surface area contributed by atoms with E-state index in [-0.39, 0.29) is 11.4 Å². The predicted octanol–water partition coefficient (Wildman–Crippen LogP) is 5.27. The highest BCUT2D eigenvalue weighted by Crippen LogP contribution is 2.34. The zero-order valence-electron chi connectivity index (χ0n) is 15.5. The van der Waals surface area contributed by atoms with Gasteiger partial charge in [0.05, 0.1) is 11.1 Å². The first-order chi connectivity index (χ1) is 14.5. The molecule has 0 aliphatic rings. The SMILES string of the molecule is O=C(N/N=C\c1ccc(Br)cc1)c1[nH]c2ccc([N+](=O)[O-])cc2c1-c1ccccc1. The molecule has 148 valence electrons. The summed E-state index contributed by atoms with van der Waals surface area (Å²) in [6.45, 7) is 0. The van der Waals surface area contributed by atoms with E-state index in [1.807, 2.05) is 54.6 Å². The Kier molecular flexibility index (Phi) is 5.40. The van der Waals surface area contributed by atoms with E-state index in [9.17, 15) is 14.9 Å². The van der Waals surface area contributed by atoms with Gasteiger partial charge in [-0.1, -0.05) is 58.4 Å². The first-order valence-corrected chi connectivity index (χ1v) is 9.77. The van der Waals surface area contributed by atoms with Gasteiger partial charge in [-0.05, 0) is 29.3 Å². The highest BCUT2D eigenvalue weighted by atomic mass is 79.9. The smallest absolute Gasteiger partial charge is 0.288 e. The van der Waals surface area contributed by atoms with Crippen molar-refractivity contribution in [2.45, 2.75) is 0 Å². The molecule has 0 saturated carbocycles. The second-order valence-electron chi connectivity index (χ2n) is 6.48. The summed E-state index contributed by atoms with van der Waals surface area (Å²) in [6.07, 6.45) is 1.54. The minimum atomic E-state index is -0.455. The van der Waals surface area contributed by atoms with Gasteiger partial charge >= 0.3 is 0 Å². The number of non-ortho nitro benzene ring substituents is 1. The molecule has 0 unspecified atom stereocenters. The van der Waals surface area contributed by atoms with Crippen LogP contribution in [0.1, 0.15) is 16.1 Å². The summed E-state index contributed by atoms with van der Waals surface area (Å²) < 4.78 is 0.948. The molecule has 7 nitrogen and oxygen atoms in total. The largest absolute Gasteiger partial charge is 0.350 e. The number of nitro groups is 1. The summed E-state index contributed by atoms with van der Waals surface area (Å²) >= 11 is 3.37. The molecular weight excluding hydrogens is 448 g/mol. The van der Waals surface area contributed by atoms with Crippen molar-refractivity contribution in [3.63, 3.8) is 0 Å². The summed E-state index contributed by atoms with van der Waals surface area (Å²) in [5.74, 6) is -0.443. The van der Waals surface area contributed by atoms with Crippen LogP contribution in [0.5, 0.6) is 0 Å². The van der Waals surface area contributed by atoms with E-state index < -0.39 is 10.8 Å². The van der Waals surface area contributed by atoms with Crippen LogP contribution < -0.4 is 5.43 Å². The van der Waals surface area contributed by atoms with E-state index in [4.69, 9.17) is 0 Å². The van der Waals surface area contributed by atoms with Gasteiger partial charge in [0, 0.05) is 33.1 Å². The number of hydrogen-bond acceptors (Lipinski definition) is 4. The molecule has 4 aromatic rings. The number of aromatic nitrogens is 1. The first kappa shape index (κ1) is 19.5. The summed E-state index contributed by atoms with van der Waals surface area (Å²) in [7, 11) is 0. The normalized spacial score (nSPS) is 11.1. The standard InChI is InChI=1S/C22H15BrN4O3/c23-16-8-6-14(7-9-16)13-24-26-22(28)21-20(15-4-2-1-3-5-15)18-12-17(27(29)30)10-11-19(18)25-21/h1-13,25H,(H,26,28)/b24-13-. The molecule has 4 rings (SSSR count). The molecule has 3 aromatic carbocycles. The van der Waals surface area contributed by atoms with Gasteiger partial charge in [0.25, 0.3) is 11.6 Å². The summed E-state index contributed by atoms with van der Waals surface area (Å²) in [6, 6.07) is 21.2. The molecule has 30 heavy (non-hydrogen) atoms. The highest BCUT2D eigenvalue weighted by molar-refractivity contribution is 9.10. The number of amides is 1. The fourth-order valence-corrected chi connectivity index (χ4v) is 3.40. The van der Waals surface area contributed by atoms with Crippen LogP contribution in [0.3, 0.4) is 0 Å². The van der Waals surface area contributed by atoms with Crippen LogP contribution in [0.25, 0.3) is 22.0 Å². The van der Waals surface area contributed by atoms with Crippen LogP contribution in [0.2, 0.25) is 0 Å². The molecule has 1 aromatic heterocycles. The highest BCUT2D eigenvalue weighted by Gasteiger charge is 2.21. The lowest BCUT2D eigenvalue weighted by molar-refractivity contribution is -0.384. The van der Waals surface area contributed by atoms with Crippen molar-refractivity contribution in [1.29, 1.82) is 0 Å². The number of aromatic amines is 1. The second-order valence-corrected chi connectivity index (χ2v) is 7.39. The summed E-state index contributed by atoms with van der Waals surface area (Å²) in [4.78, 5) is 26.7. The van der Waals surface area contributed by atoms with E-state index in [1.165, 1.54) is 12.1 Å². The monoisotopic (exact) mass is 462 g/mol. The molecular formula is C22H15BrN4O3. The van der Waals surface area contributed by atoms with Crippen molar-refractivity contribution in [1.82, 2.24) is 10.4 Å². The lowest BCUT2D eigenvalue weighted by Crippen LogP contribution is -2.18. The molecule has 0 aliphatic heterocycles. The maximum atomic E-state index is 12.9. The minimum absolute atomic E-state index is 0.0427. The average molecular weight is 463 g/mol. The van der Waals surface area contributed by atoms with Gasteiger partial charge in [-0.2, -0.15) is 5.10 Å². The van der Waals surface area contributed by atoms with Crippen molar-refractivity contribution >= 4 is 44.6 Å². The van der Waals surface area contributed by atoms with Gasteiger partial charge in [-0.15, -0.1) is 0 Å². The zero-order chi connectivity index (χ0) is 21.1. The van der Waals surface area contributed by atoms with Crippen LogP contribution in [0.4, 0.5) is 5.69 Å². The predicted molar refractivity (Wildman–Crippen MR) is 120 cm³/mol. The van der Waals surface area contributed by atoms with E-state index in [1.54, 1.807) is 12.3 Å². The summed E-state index contributed by atoms with van der Waals surface area (Å²) in [5, 5.41) is 15.8. The Bertz CT molecular complexity index is 1270. The van der Waals surface area contributed by atoms with Crippen molar-refractivity contribution in [3.05, 3.63) is 98.6 Å². The number of nitrogens with zero attached hydrogens (tertiary/aromatic N) is 2. The molecule has 0 fully saturated rings. The number of rotatable bonds is 5. The number of hydrogen-bond donors (Lipinski definition) is 2. The Morgan fingerprint density at radius 3 is 2.50 bits per heavy atom. The molecule has 0 radical (unpaired) electrons. The average Bonchev–Trinajstić information content (AvgIpc) is 3.14. The lowest BCUT2D eigenvalue weighted by atomic mass is 10.0. The molecule has 2 N–H and O–H groups in total. The maximum absolute atomic E-state index is 12.9. The fourth-order valence-electron chi connectivity index (χ4n) is 3.14. The van der Waals surface area contributed by atoms with Crippen LogP contribution in [-0.4, -0.2) is 22.0 Å². The van der Waals surface area contributed by atoms with Gasteiger partial charge in [-0.25, -0.2) is 5.43 Å².